The van der Waals surface area contributed by atoms with Gasteiger partial charge in [0, 0.05) is 8.41 Å². The van der Waals surface area contributed by atoms with E-state index in [-0.39, 0.29) is 8.41 Å². The standard InChI is InChI=1S/C16H22O12P4.B/c17-29(18,19)11-15(31(23,24)25,13-7-3-1-4-8-13)16(32(26,27)28,12-30(20,21)22)14-9-5-2-6-10-14;/h1-10H,11-12H2,(H2,17,18,19)(H2,20,21,22)(H2,23,24,25)(H2,26,27,28);. The van der Waals surface area contributed by atoms with E-state index in [1.807, 2.05) is 0 Å². The number of benzene rings is 2. The lowest BCUT2D eigenvalue weighted by atomic mass is 9.81. The molecule has 181 valence electrons. The van der Waals surface area contributed by atoms with Gasteiger partial charge in [0.25, 0.3) is 0 Å². The molecule has 0 aromatic heterocycles. The van der Waals surface area contributed by atoms with Crippen molar-refractivity contribution in [2.24, 2.45) is 0 Å². The minimum Gasteiger partial charge on any atom is -0.324 e. The molecule has 0 fully saturated rings. The first-order valence-electron chi connectivity index (χ1n) is 8.69. The first-order chi connectivity index (χ1) is 14.4. The summed E-state index contributed by atoms with van der Waals surface area (Å²) in [5, 5.41) is -6.86. The van der Waals surface area contributed by atoms with Crippen molar-refractivity contribution >= 4 is 38.8 Å². The fourth-order valence-electron chi connectivity index (χ4n) is 3.95. The molecular weight excluding hydrogens is 519 g/mol. The average molecular weight is 541 g/mol. The molecule has 2 rings (SSSR count). The lowest BCUT2D eigenvalue weighted by Crippen LogP contribution is -2.53. The first kappa shape index (κ1) is 30.1. The largest absolute Gasteiger partial charge is 0.338 e. The average Bonchev–Trinajstić information content (AvgIpc) is 2.62. The maximum atomic E-state index is 13.0. The normalized spacial score (nSPS) is 16.8. The molecule has 0 saturated heterocycles. The maximum absolute atomic E-state index is 13.0. The van der Waals surface area contributed by atoms with Crippen LogP contribution >= 0.6 is 30.4 Å². The zero-order valence-electron chi connectivity index (χ0n) is 16.8. The quantitative estimate of drug-likeness (QED) is 0.165. The van der Waals surface area contributed by atoms with Gasteiger partial charge in [-0.15, -0.1) is 0 Å². The summed E-state index contributed by atoms with van der Waals surface area (Å²) in [5.41, 5.74) is -1.23. The van der Waals surface area contributed by atoms with Crippen molar-refractivity contribution in [2.75, 3.05) is 12.3 Å². The van der Waals surface area contributed by atoms with Gasteiger partial charge in [0.2, 0.25) is 0 Å². The van der Waals surface area contributed by atoms with Gasteiger partial charge in [0.05, 0.1) is 12.3 Å². The van der Waals surface area contributed by atoms with Crippen molar-refractivity contribution in [1.82, 2.24) is 0 Å². The second kappa shape index (κ2) is 10.00. The van der Waals surface area contributed by atoms with E-state index >= 15 is 0 Å². The Bertz CT molecular complexity index is 1050. The van der Waals surface area contributed by atoms with Crippen LogP contribution in [-0.2, 0) is 28.6 Å². The minimum absolute atomic E-state index is 0. The van der Waals surface area contributed by atoms with Crippen molar-refractivity contribution in [3.05, 3.63) is 71.8 Å². The SMILES string of the molecule is O=P(O)(O)CC(c1ccccc1)(C(CP(=O)(O)O)(c1ccccc1)P(=O)(O)O)P(=O)(O)O.[B]. The van der Waals surface area contributed by atoms with Gasteiger partial charge in [-0.3, -0.25) is 18.3 Å². The molecule has 0 spiro atoms. The third-order valence-corrected chi connectivity index (χ3v) is 11.1. The monoisotopic (exact) mass is 541 g/mol. The molecule has 2 atom stereocenters. The Hall–Kier alpha value is -0.895. The molecule has 33 heavy (non-hydrogen) atoms. The Labute approximate surface area is 190 Å². The summed E-state index contributed by atoms with van der Waals surface area (Å²) in [6.07, 6.45) is -3.62. The molecule has 17 heteroatoms. The van der Waals surface area contributed by atoms with Crippen LogP contribution in [-0.4, -0.2) is 59.9 Å². The molecule has 0 heterocycles. The van der Waals surface area contributed by atoms with Gasteiger partial charge in [-0.05, 0) is 11.1 Å². The zero-order chi connectivity index (χ0) is 24.6. The topological polar surface area (TPSA) is 230 Å². The van der Waals surface area contributed by atoms with Gasteiger partial charge < -0.3 is 39.1 Å². The van der Waals surface area contributed by atoms with Gasteiger partial charge in [-0.1, -0.05) is 60.7 Å². The van der Waals surface area contributed by atoms with Crippen LogP contribution in [0.15, 0.2) is 60.7 Å². The van der Waals surface area contributed by atoms with Crippen LogP contribution in [0, 0.1) is 0 Å². The Balaban J connectivity index is 0.00000544. The second-order valence-corrected chi connectivity index (χ2v) is 14.2. The fraction of sp³-hybridized carbons (Fsp3) is 0.250. The van der Waals surface area contributed by atoms with Crippen molar-refractivity contribution in [3.8, 4) is 0 Å². The van der Waals surface area contributed by atoms with Crippen LogP contribution in [0.1, 0.15) is 11.1 Å². The highest BCUT2D eigenvalue weighted by atomic mass is 31.2. The highest BCUT2D eigenvalue weighted by Gasteiger charge is 2.73. The van der Waals surface area contributed by atoms with E-state index in [2.05, 4.69) is 0 Å². The summed E-state index contributed by atoms with van der Waals surface area (Å²) in [7, 11) is -23.0. The summed E-state index contributed by atoms with van der Waals surface area (Å²) in [5.74, 6) is 0. The van der Waals surface area contributed by atoms with E-state index in [1.54, 1.807) is 0 Å². The Morgan fingerprint density at radius 3 is 0.939 bits per heavy atom. The molecule has 2 aromatic rings. The highest BCUT2D eigenvalue weighted by Crippen LogP contribution is 2.80. The molecule has 0 amide bonds. The van der Waals surface area contributed by atoms with Crippen LogP contribution < -0.4 is 0 Å². The molecular formula is C16H22BO12P4. The minimum atomic E-state index is -6.02. The molecule has 2 aromatic carbocycles. The molecule has 12 nitrogen and oxygen atoms in total. The predicted molar refractivity (Wildman–Crippen MR) is 120 cm³/mol. The van der Waals surface area contributed by atoms with E-state index in [9.17, 15) is 57.4 Å². The number of hydrogen-bond acceptors (Lipinski definition) is 4. The third kappa shape index (κ3) is 6.03. The van der Waals surface area contributed by atoms with E-state index in [0.717, 1.165) is 24.3 Å². The van der Waals surface area contributed by atoms with Gasteiger partial charge in [-0.2, -0.15) is 0 Å². The van der Waals surface area contributed by atoms with Crippen molar-refractivity contribution in [3.63, 3.8) is 0 Å². The van der Waals surface area contributed by atoms with Crippen molar-refractivity contribution < 1.29 is 57.4 Å². The van der Waals surface area contributed by atoms with Gasteiger partial charge in [0.1, 0.15) is 10.3 Å². The Morgan fingerprint density at radius 2 is 0.758 bits per heavy atom. The van der Waals surface area contributed by atoms with Crippen LogP contribution in [0.5, 0.6) is 0 Å². The lowest BCUT2D eigenvalue weighted by Gasteiger charge is -2.50. The number of hydrogen-bond donors (Lipinski definition) is 8. The van der Waals surface area contributed by atoms with Crippen molar-refractivity contribution in [1.29, 1.82) is 0 Å². The molecule has 0 aliphatic carbocycles. The van der Waals surface area contributed by atoms with E-state index in [1.165, 1.54) is 36.4 Å². The zero-order valence-corrected chi connectivity index (χ0v) is 20.3. The molecule has 0 aliphatic rings. The van der Waals surface area contributed by atoms with Crippen LogP contribution in [0.2, 0.25) is 0 Å². The lowest BCUT2D eigenvalue weighted by molar-refractivity contribution is 0.246. The van der Waals surface area contributed by atoms with Crippen molar-refractivity contribution in [2.45, 2.75) is 10.3 Å². The summed E-state index contributed by atoms with van der Waals surface area (Å²) in [6, 6.07) is 11.4. The Kier molecular flexibility index (Phi) is 9.13. The maximum Gasteiger partial charge on any atom is 0.338 e. The van der Waals surface area contributed by atoms with E-state index < -0.39 is 64.1 Å². The predicted octanol–water partition coefficient (Wildman–Crippen LogP) is 1.11. The third-order valence-electron chi connectivity index (χ3n) is 5.05. The summed E-state index contributed by atoms with van der Waals surface area (Å²) in [6.45, 7) is 0. The molecule has 0 saturated carbocycles. The number of rotatable bonds is 9. The van der Waals surface area contributed by atoms with Gasteiger partial charge in [-0.25, -0.2) is 0 Å². The van der Waals surface area contributed by atoms with Crippen LogP contribution in [0.4, 0.5) is 0 Å². The molecule has 2 unspecified atom stereocenters. The molecule has 3 radical (unpaired) electrons. The van der Waals surface area contributed by atoms with Crippen LogP contribution in [0.25, 0.3) is 0 Å². The summed E-state index contributed by atoms with van der Waals surface area (Å²) < 4.78 is 50.4. The van der Waals surface area contributed by atoms with E-state index in [4.69, 9.17) is 0 Å². The summed E-state index contributed by atoms with van der Waals surface area (Å²) in [4.78, 5) is 81.0. The molecule has 0 bridgehead atoms. The van der Waals surface area contributed by atoms with E-state index in [0.29, 0.717) is 0 Å². The Morgan fingerprint density at radius 1 is 0.515 bits per heavy atom. The summed E-state index contributed by atoms with van der Waals surface area (Å²) >= 11 is 0. The van der Waals surface area contributed by atoms with Gasteiger partial charge >= 0.3 is 30.4 Å². The van der Waals surface area contributed by atoms with Gasteiger partial charge in [0.15, 0.2) is 0 Å². The molecule has 8 N–H and O–H groups in total. The first-order valence-corrected chi connectivity index (χ1v) is 15.5. The fourth-order valence-corrected chi connectivity index (χ4v) is 12.0. The molecule has 0 aliphatic heterocycles. The second-order valence-electron chi connectivity index (χ2n) is 7.19. The van der Waals surface area contributed by atoms with Crippen LogP contribution in [0.3, 0.4) is 0 Å². The highest BCUT2D eigenvalue weighted by molar-refractivity contribution is 7.61. The smallest absolute Gasteiger partial charge is 0.324 e.